The van der Waals surface area contributed by atoms with Gasteiger partial charge in [0.2, 0.25) is 0 Å². The number of hydrogen-bond acceptors (Lipinski definition) is 5. The molecule has 3 amide bonds. The fourth-order valence-electron chi connectivity index (χ4n) is 2.89. The lowest BCUT2D eigenvalue weighted by molar-refractivity contribution is 0.0600. The average molecular weight is 431 g/mol. The van der Waals surface area contributed by atoms with E-state index in [2.05, 4.69) is 20.9 Å². The molecular formula is C24H21N3O5. The summed E-state index contributed by atoms with van der Waals surface area (Å²) in [6, 6.07) is 19.4. The Balaban J connectivity index is 1.58. The van der Waals surface area contributed by atoms with Crippen molar-refractivity contribution in [3.63, 3.8) is 0 Å². The molecule has 0 aromatic heterocycles. The molecule has 0 fully saturated rings. The van der Waals surface area contributed by atoms with Crippen LogP contribution in [0.5, 0.6) is 0 Å². The molecule has 8 heteroatoms. The smallest absolute Gasteiger partial charge is 0.337 e. The predicted molar refractivity (Wildman–Crippen MR) is 118 cm³/mol. The highest BCUT2D eigenvalue weighted by Gasteiger charge is 2.13. The number of rotatable bonds is 5. The number of aryl methyl sites for hydroxylation is 1. The quantitative estimate of drug-likeness (QED) is 0.424. The monoisotopic (exact) mass is 431 g/mol. The van der Waals surface area contributed by atoms with Gasteiger partial charge < -0.3 is 10.1 Å². The molecule has 0 aliphatic heterocycles. The van der Waals surface area contributed by atoms with E-state index in [1.807, 2.05) is 19.1 Å². The number of nitrogens with one attached hydrogen (secondary N) is 3. The van der Waals surface area contributed by atoms with E-state index < -0.39 is 17.8 Å². The number of ether oxygens (including phenoxy) is 1. The minimum absolute atomic E-state index is 0.183. The summed E-state index contributed by atoms with van der Waals surface area (Å²) < 4.78 is 4.62. The standard InChI is InChI=1S/C24H21N3O5/c1-15-6-3-4-9-20(15)23(30)25-19-12-10-16(11-13-19)21(28)26-27-22(29)17-7-5-8-18(14-17)24(31)32-2/h3-14H,1-2H3,(H,25,30)(H,26,28)(H,27,29). The van der Waals surface area contributed by atoms with Crippen molar-refractivity contribution in [1.29, 1.82) is 0 Å². The van der Waals surface area contributed by atoms with Crippen molar-refractivity contribution in [2.24, 2.45) is 0 Å². The molecule has 0 unspecified atom stereocenters. The van der Waals surface area contributed by atoms with E-state index in [0.717, 1.165) is 5.56 Å². The van der Waals surface area contributed by atoms with Gasteiger partial charge in [0.05, 0.1) is 12.7 Å². The molecule has 162 valence electrons. The summed E-state index contributed by atoms with van der Waals surface area (Å²) in [4.78, 5) is 48.5. The first-order valence-electron chi connectivity index (χ1n) is 9.65. The number of anilines is 1. The zero-order valence-corrected chi connectivity index (χ0v) is 17.5. The van der Waals surface area contributed by atoms with Crippen molar-refractivity contribution in [2.45, 2.75) is 6.92 Å². The van der Waals surface area contributed by atoms with Crippen LogP contribution >= 0.6 is 0 Å². The molecular weight excluding hydrogens is 410 g/mol. The van der Waals surface area contributed by atoms with E-state index in [4.69, 9.17) is 0 Å². The number of carbonyl (C=O) groups excluding carboxylic acids is 4. The van der Waals surface area contributed by atoms with Gasteiger partial charge >= 0.3 is 5.97 Å². The fraction of sp³-hybridized carbons (Fsp3) is 0.0833. The van der Waals surface area contributed by atoms with E-state index in [1.165, 1.54) is 43.5 Å². The van der Waals surface area contributed by atoms with E-state index in [1.54, 1.807) is 24.3 Å². The van der Waals surface area contributed by atoms with Crippen molar-refractivity contribution in [1.82, 2.24) is 10.9 Å². The van der Waals surface area contributed by atoms with E-state index in [9.17, 15) is 19.2 Å². The van der Waals surface area contributed by atoms with Gasteiger partial charge in [0.15, 0.2) is 0 Å². The maximum atomic E-state index is 12.4. The van der Waals surface area contributed by atoms with E-state index in [-0.39, 0.29) is 22.6 Å². The summed E-state index contributed by atoms with van der Waals surface area (Å²) in [5.74, 6) is -1.95. The molecule has 0 heterocycles. The zero-order chi connectivity index (χ0) is 23.1. The third-order valence-electron chi connectivity index (χ3n) is 4.63. The molecule has 3 aromatic rings. The lowest BCUT2D eigenvalue weighted by Gasteiger charge is -2.10. The highest BCUT2D eigenvalue weighted by Crippen LogP contribution is 2.14. The molecule has 3 rings (SSSR count). The number of hydrogen-bond donors (Lipinski definition) is 3. The zero-order valence-electron chi connectivity index (χ0n) is 17.5. The van der Waals surface area contributed by atoms with Crippen LogP contribution in [-0.2, 0) is 4.74 Å². The molecule has 0 bridgehead atoms. The molecule has 0 atom stereocenters. The summed E-state index contributed by atoms with van der Waals surface area (Å²) >= 11 is 0. The molecule has 0 aliphatic rings. The summed E-state index contributed by atoms with van der Waals surface area (Å²) in [5.41, 5.74) is 7.23. The molecule has 8 nitrogen and oxygen atoms in total. The van der Waals surface area contributed by atoms with Crippen LogP contribution < -0.4 is 16.2 Å². The van der Waals surface area contributed by atoms with Gasteiger partial charge in [0.25, 0.3) is 17.7 Å². The third kappa shape index (κ3) is 5.37. The average Bonchev–Trinajstić information content (AvgIpc) is 2.82. The number of methoxy groups -OCH3 is 1. The first kappa shape index (κ1) is 22.2. The van der Waals surface area contributed by atoms with Gasteiger partial charge in [-0.05, 0) is 61.0 Å². The second-order valence-electron chi connectivity index (χ2n) is 6.83. The van der Waals surface area contributed by atoms with E-state index in [0.29, 0.717) is 11.3 Å². The van der Waals surface area contributed by atoms with Gasteiger partial charge in [-0.15, -0.1) is 0 Å². The minimum Gasteiger partial charge on any atom is -0.465 e. The maximum Gasteiger partial charge on any atom is 0.337 e. The number of esters is 1. The largest absolute Gasteiger partial charge is 0.465 e. The Kier molecular flexibility index (Phi) is 6.97. The van der Waals surface area contributed by atoms with Crippen molar-refractivity contribution in [2.75, 3.05) is 12.4 Å². The Labute approximate surface area is 184 Å². The predicted octanol–water partition coefficient (Wildman–Crippen LogP) is 3.11. The van der Waals surface area contributed by atoms with Crippen LogP contribution in [0.3, 0.4) is 0 Å². The molecule has 0 saturated carbocycles. The second kappa shape index (κ2) is 10.0. The van der Waals surface area contributed by atoms with Crippen LogP contribution in [0.15, 0.2) is 72.8 Å². The maximum absolute atomic E-state index is 12.4. The molecule has 0 spiro atoms. The summed E-state index contributed by atoms with van der Waals surface area (Å²) in [6.07, 6.45) is 0. The van der Waals surface area contributed by atoms with Crippen LogP contribution in [0.1, 0.15) is 47.0 Å². The van der Waals surface area contributed by atoms with Gasteiger partial charge in [-0.2, -0.15) is 0 Å². The lowest BCUT2D eigenvalue weighted by atomic mass is 10.1. The Morgan fingerprint density at radius 3 is 1.97 bits per heavy atom. The van der Waals surface area contributed by atoms with Gasteiger partial charge in [-0.1, -0.05) is 24.3 Å². The Hall–Kier alpha value is -4.46. The highest BCUT2D eigenvalue weighted by atomic mass is 16.5. The summed E-state index contributed by atoms with van der Waals surface area (Å²) in [6.45, 7) is 1.85. The van der Waals surface area contributed by atoms with Crippen molar-refractivity contribution < 1.29 is 23.9 Å². The van der Waals surface area contributed by atoms with Gasteiger partial charge in [-0.25, -0.2) is 4.79 Å². The Bertz CT molecular complexity index is 1170. The topological polar surface area (TPSA) is 114 Å². The van der Waals surface area contributed by atoms with Crippen LogP contribution in [0, 0.1) is 6.92 Å². The van der Waals surface area contributed by atoms with Gasteiger partial charge in [0.1, 0.15) is 0 Å². The molecule has 32 heavy (non-hydrogen) atoms. The highest BCUT2D eigenvalue weighted by molar-refractivity contribution is 6.05. The lowest BCUT2D eigenvalue weighted by Crippen LogP contribution is -2.41. The fourth-order valence-corrected chi connectivity index (χ4v) is 2.89. The Morgan fingerprint density at radius 2 is 1.31 bits per heavy atom. The van der Waals surface area contributed by atoms with Gasteiger partial charge in [0, 0.05) is 22.4 Å². The summed E-state index contributed by atoms with van der Waals surface area (Å²) in [5, 5.41) is 2.78. The number of carbonyl (C=O) groups is 4. The molecule has 0 aliphatic carbocycles. The van der Waals surface area contributed by atoms with Crippen molar-refractivity contribution in [3.8, 4) is 0 Å². The number of amides is 3. The number of hydrazine groups is 1. The van der Waals surface area contributed by atoms with Crippen LogP contribution in [-0.4, -0.2) is 30.8 Å². The molecule has 0 radical (unpaired) electrons. The normalized spacial score (nSPS) is 10.1. The van der Waals surface area contributed by atoms with Crippen LogP contribution in [0.2, 0.25) is 0 Å². The summed E-state index contributed by atoms with van der Waals surface area (Å²) in [7, 11) is 1.24. The number of benzene rings is 3. The third-order valence-corrected chi connectivity index (χ3v) is 4.63. The van der Waals surface area contributed by atoms with Crippen LogP contribution in [0.4, 0.5) is 5.69 Å². The molecule has 0 saturated heterocycles. The SMILES string of the molecule is COC(=O)c1cccc(C(=O)NNC(=O)c2ccc(NC(=O)c3ccccc3C)cc2)c1. The Morgan fingerprint density at radius 1 is 0.688 bits per heavy atom. The first-order chi connectivity index (χ1) is 15.4. The van der Waals surface area contributed by atoms with Gasteiger partial charge in [-0.3, -0.25) is 25.2 Å². The second-order valence-corrected chi connectivity index (χ2v) is 6.83. The molecule has 3 aromatic carbocycles. The van der Waals surface area contributed by atoms with Crippen molar-refractivity contribution in [3.05, 3.63) is 101 Å². The van der Waals surface area contributed by atoms with Crippen molar-refractivity contribution >= 4 is 29.4 Å². The minimum atomic E-state index is -0.591. The first-order valence-corrected chi connectivity index (χ1v) is 9.65. The molecule has 3 N–H and O–H groups in total. The van der Waals surface area contributed by atoms with E-state index >= 15 is 0 Å². The van der Waals surface area contributed by atoms with Crippen LogP contribution in [0.25, 0.3) is 0 Å².